The highest BCUT2D eigenvalue weighted by Crippen LogP contribution is 2.43. The second-order valence-electron chi connectivity index (χ2n) is 12.5. The molecule has 0 unspecified atom stereocenters. The van der Waals surface area contributed by atoms with E-state index in [1.807, 2.05) is 11.3 Å². The Bertz CT molecular complexity index is 2760. The standard InChI is InChI=1S/C46H29NS/c1-3-12-30(13-4-1)33-26-34(31-14-5-2-6-15-31)28-35(27-33)32-16-11-17-36(29-32)47-43-20-9-7-18-37(43)39-22-25-42-40(45(39)47)23-24-41-38-19-8-10-21-44(38)48-46(41)42/h1-29H. The number of nitrogens with zero attached hydrogens (tertiary/aromatic N) is 1. The van der Waals surface area contributed by atoms with Gasteiger partial charge in [0.2, 0.25) is 0 Å². The molecule has 0 N–H and O–H groups in total. The van der Waals surface area contributed by atoms with E-state index in [2.05, 4.69) is 180 Å². The SMILES string of the molecule is c1ccc(-c2cc(-c3ccccc3)cc(-c3cccc(-n4c5ccccc5c5ccc6c(ccc7c8ccccc8sc76)c54)c3)c2)cc1. The van der Waals surface area contributed by atoms with Crippen molar-refractivity contribution in [3.05, 3.63) is 176 Å². The largest absolute Gasteiger partial charge is 0.309 e. The van der Waals surface area contributed by atoms with E-state index in [1.165, 1.54) is 86.1 Å². The van der Waals surface area contributed by atoms with Crippen LogP contribution < -0.4 is 0 Å². The summed E-state index contributed by atoms with van der Waals surface area (Å²) in [6, 6.07) is 64.4. The van der Waals surface area contributed by atoms with Crippen LogP contribution in [-0.2, 0) is 0 Å². The van der Waals surface area contributed by atoms with Gasteiger partial charge >= 0.3 is 0 Å². The fraction of sp³-hybridized carbons (Fsp3) is 0. The van der Waals surface area contributed by atoms with Crippen LogP contribution in [-0.4, -0.2) is 4.57 Å². The molecule has 10 rings (SSSR count). The highest BCUT2D eigenvalue weighted by molar-refractivity contribution is 7.26. The van der Waals surface area contributed by atoms with Crippen LogP contribution in [0.25, 0.3) is 91.8 Å². The third-order valence-corrected chi connectivity index (χ3v) is 11.0. The molecule has 0 aliphatic carbocycles. The Kier molecular flexibility index (Phi) is 6.12. The third-order valence-electron chi connectivity index (χ3n) is 9.76. The first-order valence-electron chi connectivity index (χ1n) is 16.4. The Morgan fingerprint density at radius 3 is 1.56 bits per heavy atom. The van der Waals surface area contributed by atoms with Crippen molar-refractivity contribution >= 4 is 64.1 Å². The summed E-state index contributed by atoms with van der Waals surface area (Å²) < 4.78 is 5.17. The van der Waals surface area contributed by atoms with Gasteiger partial charge in [0.25, 0.3) is 0 Å². The summed E-state index contributed by atoms with van der Waals surface area (Å²) in [6.07, 6.45) is 0. The van der Waals surface area contributed by atoms with Gasteiger partial charge in [-0.1, -0.05) is 133 Å². The highest BCUT2D eigenvalue weighted by atomic mass is 32.1. The summed E-state index contributed by atoms with van der Waals surface area (Å²) in [5, 5.41) is 7.81. The predicted molar refractivity (Wildman–Crippen MR) is 207 cm³/mol. The number of thiophene rings is 1. The van der Waals surface area contributed by atoms with E-state index in [9.17, 15) is 0 Å². The normalized spacial score (nSPS) is 11.8. The maximum atomic E-state index is 2.48. The zero-order chi connectivity index (χ0) is 31.6. The quantitative estimate of drug-likeness (QED) is 0.183. The molecule has 2 aromatic heterocycles. The molecule has 0 spiro atoms. The molecule has 0 saturated carbocycles. The van der Waals surface area contributed by atoms with Crippen molar-refractivity contribution in [3.63, 3.8) is 0 Å². The first-order valence-corrected chi connectivity index (χ1v) is 17.2. The maximum Gasteiger partial charge on any atom is 0.0619 e. The van der Waals surface area contributed by atoms with Gasteiger partial charge in [0.1, 0.15) is 0 Å². The highest BCUT2D eigenvalue weighted by Gasteiger charge is 2.18. The minimum absolute atomic E-state index is 1.16. The summed E-state index contributed by atoms with van der Waals surface area (Å²) in [4.78, 5) is 0. The van der Waals surface area contributed by atoms with Crippen molar-refractivity contribution in [2.45, 2.75) is 0 Å². The van der Waals surface area contributed by atoms with Crippen LogP contribution in [0.3, 0.4) is 0 Å². The van der Waals surface area contributed by atoms with Crippen molar-refractivity contribution in [1.29, 1.82) is 0 Å². The summed E-state index contributed by atoms with van der Waals surface area (Å²) in [7, 11) is 0. The molecule has 10 aromatic rings. The van der Waals surface area contributed by atoms with Crippen LogP contribution >= 0.6 is 11.3 Å². The van der Waals surface area contributed by atoms with Crippen LogP contribution in [0.4, 0.5) is 0 Å². The fourth-order valence-electron chi connectivity index (χ4n) is 7.53. The first kappa shape index (κ1) is 27.2. The second-order valence-corrected chi connectivity index (χ2v) is 13.6. The third kappa shape index (κ3) is 4.24. The molecule has 0 fully saturated rings. The van der Waals surface area contributed by atoms with E-state index in [0.29, 0.717) is 0 Å². The van der Waals surface area contributed by atoms with Gasteiger partial charge in [0, 0.05) is 47.4 Å². The molecule has 48 heavy (non-hydrogen) atoms. The molecule has 2 heteroatoms. The van der Waals surface area contributed by atoms with Gasteiger partial charge in [-0.25, -0.2) is 0 Å². The first-order chi connectivity index (χ1) is 23.8. The summed E-state index contributed by atoms with van der Waals surface area (Å²) >= 11 is 1.90. The number of hydrogen-bond acceptors (Lipinski definition) is 1. The topological polar surface area (TPSA) is 4.93 Å². The van der Waals surface area contributed by atoms with Crippen LogP contribution in [0.15, 0.2) is 176 Å². The van der Waals surface area contributed by atoms with Gasteiger partial charge in [-0.3, -0.25) is 0 Å². The zero-order valence-corrected chi connectivity index (χ0v) is 26.9. The van der Waals surface area contributed by atoms with E-state index >= 15 is 0 Å². The average molecular weight is 628 g/mol. The molecule has 224 valence electrons. The molecule has 0 saturated heterocycles. The minimum Gasteiger partial charge on any atom is -0.309 e. The molecular formula is C46H29NS. The maximum absolute atomic E-state index is 2.48. The molecule has 0 amide bonds. The van der Waals surface area contributed by atoms with E-state index in [4.69, 9.17) is 0 Å². The van der Waals surface area contributed by atoms with Gasteiger partial charge < -0.3 is 4.57 Å². The van der Waals surface area contributed by atoms with Gasteiger partial charge in [-0.05, 0) is 75.8 Å². The Labute approximate surface area is 282 Å². The Morgan fingerprint density at radius 1 is 0.333 bits per heavy atom. The molecule has 2 heterocycles. The van der Waals surface area contributed by atoms with Crippen LogP contribution in [0, 0.1) is 0 Å². The molecule has 0 bridgehead atoms. The van der Waals surface area contributed by atoms with E-state index in [0.717, 1.165) is 5.69 Å². The number of hydrogen-bond donors (Lipinski definition) is 0. The lowest BCUT2D eigenvalue weighted by Gasteiger charge is -2.14. The predicted octanol–water partition coefficient (Wildman–Crippen LogP) is 13.3. The Hall–Kier alpha value is -5.96. The second kappa shape index (κ2) is 10.8. The van der Waals surface area contributed by atoms with Crippen molar-refractivity contribution in [1.82, 2.24) is 4.57 Å². The molecule has 0 atom stereocenters. The zero-order valence-electron chi connectivity index (χ0n) is 26.1. The monoisotopic (exact) mass is 627 g/mol. The van der Waals surface area contributed by atoms with E-state index < -0.39 is 0 Å². The van der Waals surface area contributed by atoms with Gasteiger partial charge in [-0.15, -0.1) is 11.3 Å². The summed E-state index contributed by atoms with van der Waals surface area (Å²) in [5.74, 6) is 0. The number of para-hydroxylation sites is 1. The van der Waals surface area contributed by atoms with E-state index in [-0.39, 0.29) is 0 Å². The van der Waals surface area contributed by atoms with Gasteiger partial charge in [0.05, 0.1) is 11.0 Å². The smallest absolute Gasteiger partial charge is 0.0619 e. The molecular weight excluding hydrogens is 599 g/mol. The lowest BCUT2D eigenvalue weighted by atomic mass is 9.93. The van der Waals surface area contributed by atoms with Crippen LogP contribution in [0.2, 0.25) is 0 Å². The number of rotatable bonds is 4. The number of fused-ring (bicyclic) bond motifs is 9. The van der Waals surface area contributed by atoms with Crippen molar-refractivity contribution in [2.24, 2.45) is 0 Å². The lowest BCUT2D eigenvalue weighted by Crippen LogP contribution is -1.95. The van der Waals surface area contributed by atoms with Crippen molar-refractivity contribution < 1.29 is 0 Å². The van der Waals surface area contributed by atoms with Gasteiger partial charge in [-0.2, -0.15) is 0 Å². The van der Waals surface area contributed by atoms with E-state index in [1.54, 1.807) is 0 Å². The fourth-order valence-corrected chi connectivity index (χ4v) is 8.76. The minimum atomic E-state index is 1.16. The lowest BCUT2D eigenvalue weighted by molar-refractivity contribution is 1.19. The van der Waals surface area contributed by atoms with Crippen LogP contribution in [0.5, 0.6) is 0 Å². The summed E-state index contributed by atoms with van der Waals surface area (Å²) in [6.45, 7) is 0. The number of aromatic nitrogens is 1. The Balaban J connectivity index is 1.23. The molecule has 8 aromatic carbocycles. The van der Waals surface area contributed by atoms with Crippen molar-refractivity contribution in [2.75, 3.05) is 0 Å². The molecule has 1 nitrogen and oxygen atoms in total. The molecule has 0 aliphatic heterocycles. The summed E-state index contributed by atoms with van der Waals surface area (Å²) in [5.41, 5.74) is 10.9. The average Bonchev–Trinajstić information content (AvgIpc) is 3.72. The number of benzene rings is 8. The Morgan fingerprint density at radius 2 is 0.854 bits per heavy atom. The molecule has 0 radical (unpaired) electrons. The van der Waals surface area contributed by atoms with Crippen LogP contribution in [0.1, 0.15) is 0 Å². The molecule has 0 aliphatic rings. The van der Waals surface area contributed by atoms with Crippen molar-refractivity contribution in [3.8, 4) is 39.1 Å². The van der Waals surface area contributed by atoms with Gasteiger partial charge in [0.15, 0.2) is 0 Å².